The number of rotatable bonds is 4. The molecular formula is C17H14Cl2F2O. The molecule has 0 heterocycles. The molecule has 2 atom stereocenters. The fourth-order valence-corrected chi connectivity index (χ4v) is 3.74. The molecule has 2 aromatic carbocycles. The van der Waals surface area contributed by atoms with Crippen LogP contribution in [0, 0.1) is 0 Å². The van der Waals surface area contributed by atoms with Crippen molar-refractivity contribution in [2.24, 2.45) is 0 Å². The van der Waals surface area contributed by atoms with Crippen LogP contribution >= 0.6 is 23.2 Å². The van der Waals surface area contributed by atoms with Crippen molar-refractivity contribution >= 4 is 23.2 Å². The Kier molecular flexibility index (Phi) is 4.04. The second kappa shape index (κ2) is 5.71. The zero-order chi connectivity index (χ0) is 15.9. The highest BCUT2D eigenvalue weighted by atomic mass is 35.5. The Morgan fingerprint density at radius 2 is 1.64 bits per heavy atom. The minimum absolute atomic E-state index is 0.0120. The van der Waals surface area contributed by atoms with Crippen LogP contribution in [0.2, 0.25) is 0 Å². The Balaban J connectivity index is 1.90. The molecule has 1 aliphatic rings. The summed E-state index contributed by atoms with van der Waals surface area (Å²) in [6.45, 7) is 0. The predicted molar refractivity (Wildman–Crippen MR) is 84.3 cm³/mol. The van der Waals surface area contributed by atoms with Gasteiger partial charge in [0.25, 0.3) is 6.43 Å². The molecule has 0 bridgehead atoms. The first-order valence-corrected chi connectivity index (χ1v) is 7.60. The molecule has 1 saturated carbocycles. The number of alkyl halides is 4. The van der Waals surface area contributed by atoms with E-state index in [1.165, 1.54) is 12.1 Å². The molecule has 2 unspecified atom stereocenters. The molecule has 22 heavy (non-hydrogen) atoms. The van der Waals surface area contributed by atoms with Gasteiger partial charge in [-0.05, 0) is 29.3 Å². The van der Waals surface area contributed by atoms with Crippen LogP contribution in [0.1, 0.15) is 35.0 Å². The lowest BCUT2D eigenvalue weighted by Gasteiger charge is -2.05. The third-order valence-corrected chi connectivity index (χ3v) is 4.99. The smallest absolute Gasteiger partial charge is 0.263 e. The molecule has 0 N–H and O–H groups in total. The zero-order valence-electron chi connectivity index (χ0n) is 11.8. The molecule has 0 aliphatic heterocycles. The molecule has 5 heteroatoms. The highest BCUT2D eigenvalue weighted by molar-refractivity contribution is 6.52. The number of hydrogen-bond acceptors (Lipinski definition) is 1. The van der Waals surface area contributed by atoms with Gasteiger partial charge in [0.05, 0.1) is 7.11 Å². The van der Waals surface area contributed by atoms with Crippen molar-refractivity contribution in [3.8, 4) is 5.75 Å². The van der Waals surface area contributed by atoms with E-state index in [0.717, 1.165) is 16.9 Å². The maximum absolute atomic E-state index is 12.8. The molecular weight excluding hydrogens is 329 g/mol. The molecule has 2 aromatic rings. The largest absolute Gasteiger partial charge is 0.497 e. The van der Waals surface area contributed by atoms with Gasteiger partial charge in [-0.2, -0.15) is 0 Å². The van der Waals surface area contributed by atoms with Crippen molar-refractivity contribution in [2.75, 3.05) is 7.11 Å². The lowest BCUT2D eigenvalue weighted by atomic mass is 10.0. The fourth-order valence-electron chi connectivity index (χ4n) is 2.86. The van der Waals surface area contributed by atoms with Crippen LogP contribution in [0.25, 0.3) is 0 Å². The second-order valence-electron chi connectivity index (χ2n) is 5.37. The van der Waals surface area contributed by atoms with Crippen molar-refractivity contribution in [3.63, 3.8) is 0 Å². The third kappa shape index (κ3) is 2.68. The fraction of sp³-hybridized carbons (Fsp3) is 0.294. The number of halogens is 4. The molecule has 0 aromatic heterocycles. The Labute approximate surface area is 137 Å². The minimum atomic E-state index is -2.50. The summed E-state index contributed by atoms with van der Waals surface area (Å²) < 4.78 is 29.8. The van der Waals surface area contributed by atoms with Crippen LogP contribution < -0.4 is 4.74 Å². The molecule has 0 saturated heterocycles. The molecule has 116 valence electrons. The number of benzene rings is 2. The normalized spacial score (nSPS) is 22.6. The van der Waals surface area contributed by atoms with Crippen LogP contribution in [-0.4, -0.2) is 11.4 Å². The van der Waals surface area contributed by atoms with Crippen molar-refractivity contribution in [1.29, 1.82) is 0 Å². The summed E-state index contributed by atoms with van der Waals surface area (Å²) in [6, 6.07) is 13.8. The van der Waals surface area contributed by atoms with Gasteiger partial charge < -0.3 is 4.74 Å². The quantitative estimate of drug-likeness (QED) is 0.648. The number of hydrogen-bond donors (Lipinski definition) is 0. The molecule has 3 rings (SSSR count). The van der Waals surface area contributed by atoms with Gasteiger partial charge in [0.2, 0.25) is 0 Å². The Morgan fingerprint density at radius 1 is 1.00 bits per heavy atom. The van der Waals surface area contributed by atoms with Gasteiger partial charge in [-0.25, -0.2) is 8.78 Å². The molecule has 1 aliphatic carbocycles. The average molecular weight is 343 g/mol. The topological polar surface area (TPSA) is 9.23 Å². The van der Waals surface area contributed by atoms with Gasteiger partial charge in [0, 0.05) is 17.4 Å². The van der Waals surface area contributed by atoms with Gasteiger partial charge in [-0.1, -0.05) is 30.3 Å². The maximum Gasteiger partial charge on any atom is 0.263 e. The molecule has 0 radical (unpaired) electrons. The van der Waals surface area contributed by atoms with Crippen LogP contribution in [0.5, 0.6) is 5.75 Å². The number of methoxy groups -OCH3 is 1. The van der Waals surface area contributed by atoms with Gasteiger partial charge in [0.1, 0.15) is 10.1 Å². The highest BCUT2D eigenvalue weighted by Gasteiger charge is 2.64. The van der Waals surface area contributed by atoms with Crippen LogP contribution in [0.15, 0.2) is 48.5 Å². The Bertz CT molecular complexity index is 671. The van der Waals surface area contributed by atoms with E-state index >= 15 is 0 Å². The van der Waals surface area contributed by atoms with Crippen molar-refractivity contribution in [2.45, 2.75) is 22.6 Å². The van der Waals surface area contributed by atoms with Crippen molar-refractivity contribution in [3.05, 3.63) is 65.2 Å². The van der Waals surface area contributed by atoms with Crippen LogP contribution in [0.3, 0.4) is 0 Å². The van der Waals surface area contributed by atoms with E-state index in [4.69, 9.17) is 27.9 Å². The summed E-state index contributed by atoms with van der Waals surface area (Å²) in [5, 5.41) is 0. The van der Waals surface area contributed by atoms with Gasteiger partial charge >= 0.3 is 0 Å². The Morgan fingerprint density at radius 3 is 2.23 bits per heavy atom. The molecule has 0 amide bonds. The predicted octanol–water partition coefficient (Wildman–Crippen LogP) is 5.69. The van der Waals surface area contributed by atoms with Crippen LogP contribution in [-0.2, 0) is 0 Å². The van der Waals surface area contributed by atoms with E-state index in [1.54, 1.807) is 19.2 Å². The van der Waals surface area contributed by atoms with E-state index in [1.807, 2.05) is 24.3 Å². The second-order valence-corrected chi connectivity index (χ2v) is 6.82. The van der Waals surface area contributed by atoms with E-state index in [2.05, 4.69) is 0 Å². The lowest BCUT2D eigenvalue weighted by Crippen LogP contribution is -1.92. The summed E-state index contributed by atoms with van der Waals surface area (Å²) in [5.41, 5.74) is 1.70. The first-order valence-electron chi connectivity index (χ1n) is 6.85. The monoisotopic (exact) mass is 342 g/mol. The summed E-state index contributed by atoms with van der Waals surface area (Å²) in [6.07, 6.45) is -2.50. The van der Waals surface area contributed by atoms with E-state index in [9.17, 15) is 8.78 Å². The van der Waals surface area contributed by atoms with Crippen LogP contribution in [0.4, 0.5) is 8.78 Å². The van der Waals surface area contributed by atoms with Crippen molar-refractivity contribution in [1.82, 2.24) is 0 Å². The van der Waals surface area contributed by atoms with Gasteiger partial charge in [0.15, 0.2) is 0 Å². The SMILES string of the molecule is COc1ccc(C2C(c3cccc(C(F)F)c3)C2(Cl)Cl)cc1. The summed E-state index contributed by atoms with van der Waals surface area (Å²) in [7, 11) is 1.60. The summed E-state index contributed by atoms with van der Waals surface area (Å²) >= 11 is 12.8. The molecule has 1 fully saturated rings. The number of ether oxygens (including phenoxy) is 1. The average Bonchev–Trinajstić information content (AvgIpc) is 3.10. The van der Waals surface area contributed by atoms with E-state index < -0.39 is 10.8 Å². The first-order chi connectivity index (χ1) is 10.4. The first kappa shape index (κ1) is 15.6. The Hall–Kier alpha value is -1.32. The molecule has 0 spiro atoms. The van der Waals surface area contributed by atoms with E-state index in [-0.39, 0.29) is 17.4 Å². The van der Waals surface area contributed by atoms with Gasteiger partial charge in [-0.3, -0.25) is 0 Å². The minimum Gasteiger partial charge on any atom is -0.497 e. The summed E-state index contributed by atoms with van der Waals surface area (Å²) in [5.74, 6) is 0.438. The summed E-state index contributed by atoms with van der Waals surface area (Å²) in [4.78, 5) is 0. The standard InChI is InChI=1S/C17H14Cl2F2O/c1-22-13-7-5-10(6-8-13)14-15(17(14,18)19)11-3-2-4-12(9-11)16(20)21/h2-9,14-16H,1H3. The zero-order valence-corrected chi connectivity index (χ0v) is 13.3. The molecule has 1 nitrogen and oxygen atoms in total. The van der Waals surface area contributed by atoms with E-state index in [0.29, 0.717) is 0 Å². The third-order valence-electron chi connectivity index (χ3n) is 4.05. The van der Waals surface area contributed by atoms with Crippen molar-refractivity contribution < 1.29 is 13.5 Å². The van der Waals surface area contributed by atoms with Gasteiger partial charge in [-0.15, -0.1) is 23.2 Å². The maximum atomic E-state index is 12.8. The highest BCUT2D eigenvalue weighted by Crippen LogP contribution is 2.70. The lowest BCUT2D eigenvalue weighted by molar-refractivity contribution is 0.151.